The summed E-state index contributed by atoms with van der Waals surface area (Å²) in [4.78, 5) is 12.6. The van der Waals surface area contributed by atoms with Crippen molar-refractivity contribution in [1.29, 1.82) is 0 Å². The Balaban J connectivity index is 1.56. The molecule has 1 aliphatic rings. The average Bonchev–Trinajstić information content (AvgIpc) is 3.20. The van der Waals surface area contributed by atoms with Crippen LogP contribution in [0, 0.1) is 0 Å². The first-order valence-corrected chi connectivity index (χ1v) is 10.2. The number of alkyl halides is 3. The number of halogens is 4. The van der Waals surface area contributed by atoms with Gasteiger partial charge in [0.05, 0.1) is 13.2 Å². The van der Waals surface area contributed by atoms with Crippen molar-refractivity contribution < 1.29 is 22.7 Å². The van der Waals surface area contributed by atoms with E-state index in [0.29, 0.717) is 16.3 Å². The third-order valence-corrected chi connectivity index (χ3v) is 5.52. The first-order chi connectivity index (χ1) is 15.2. The summed E-state index contributed by atoms with van der Waals surface area (Å²) in [6, 6.07) is 12.6. The molecule has 2 heterocycles. The van der Waals surface area contributed by atoms with Gasteiger partial charge >= 0.3 is 6.18 Å². The van der Waals surface area contributed by atoms with Crippen molar-refractivity contribution in [2.24, 2.45) is 0 Å². The number of carbonyl (C=O) groups is 1. The zero-order valence-corrected chi connectivity index (χ0v) is 17.7. The predicted molar refractivity (Wildman–Crippen MR) is 114 cm³/mol. The van der Waals surface area contributed by atoms with Crippen LogP contribution in [0.1, 0.15) is 40.1 Å². The predicted octanol–water partition coefficient (Wildman–Crippen LogP) is 5.14. The van der Waals surface area contributed by atoms with Gasteiger partial charge in [-0.05, 0) is 35.4 Å². The highest BCUT2D eigenvalue weighted by Gasteiger charge is 2.46. The molecule has 10 heteroatoms. The van der Waals surface area contributed by atoms with Gasteiger partial charge in [-0.15, -0.1) is 0 Å². The van der Waals surface area contributed by atoms with Gasteiger partial charge in [-0.1, -0.05) is 35.9 Å². The Morgan fingerprint density at radius 1 is 1.25 bits per heavy atom. The Morgan fingerprint density at radius 3 is 2.66 bits per heavy atom. The van der Waals surface area contributed by atoms with E-state index in [-0.39, 0.29) is 24.5 Å². The van der Waals surface area contributed by atoms with E-state index >= 15 is 0 Å². The van der Waals surface area contributed by atoms with Crippen molar-refractivity contribution in [2.45, 2.75) is 31.2 Å². The molecule has 0 aliphatic carbocycles. The molecular formula is C22H20ClF3N4O2. The SMILES string of the molecule is COc1ccc([C@@H]2C[C@@H](C(F)(F)F)n3nc(C(=O)NCc4cccc(Cl)c4)cc3N2)cc1. The van der Waals surface area contributed by atoms with Gasteiger partial charge in [-0.2, -0.15) is 18.3 Å². The van der Waals surface area contributed by atoms with Crippen LogP contribution in [0.3, 0.4) is 0 Å². The van der Waals surface area contributed by atoms with Crippen LogP contribution in [0.15, 0.2) is 54.6 Å². The second kappa shape index (κ2) is 8.74. The van der Waals surface area contributed by atoms with Gasteiger partial charge in [0, 0.05) is 24.1 Å². The van der Waals surface area contributed by atoms with Crippen molar-refractivity contribution in [3.63, 3.8) is 0 Å². The molecule has 0 saturated heterocycles. The van der Waals surface area contributed by atoms with Crippen LogP contribution in [-0.4, -0.2) is 29.0 Å². The lowest BCUT2D eigenvalue weighted by atomic mass is 9.97. The number of hydrogen-bond donors (Lipinski definition) is 2. The average molecular weight is 465 g/mol. The molecule has 0 fully saturated rings. The summed E-state index contributed by atoms with van der Waals surface area (Å²) in [5, 5.41) is 10.2. The smallest absolute Gasteiger partial charge is 0.410 e. The number of aromatic nitrogens is 2. The summed E-state index contributed by atoms with van der Waals surface area (Å²) in [5.41, 5.74) is 1.35. The summed E-state index contributed by atoms with van der Waals surface area (Å²) in [6.45, 7) is 0.173. The molecule has 0 saturated carbocycles. The van der Waals surface area contributed by atoms with E-state index in [4.69, 9.17) is 16.3 Å². The molecule has 4 rings (SSSR count). The Hall–Kier alpha value is -3.20. The summed E-state index contributed by atoms with van der Waals surface area (Å²) >= 11 is 5.94. The molecule has 2 atom stereocenters. The fraction of sp³-hybridized carbons (Fsp3) is 0.273. The highest BCUT2D eigenvalue weighted by atomic mass is 35.5. The van der Waals surface area contributed by atoms with E-state index in [9.17, 15) is 18.0 Å². The minimum atomic E-state index is -4.53. The topological polar surface area (TPSA) is 68.2 Å². The molecule has 1 amide bonds. The number of nitrogens with one attached hydrogen (secondary N) is 2. The molecule has 2 N–H and O–H groups in total. The van der Waals surface area contributed by atoms with Crippen molar-refractivity contribution in [3.8, 4) is 5.75 Å². The van der Waals surface area contributed by atoms with E-state index in [2.05, 4.69) is 15.7 Å². The largest absolute Gasteiger partial charge is 0.497 e. The highest BCUT2D eigenvalue weighted by molar-refractivity contribution is 6.30. The maximum atomic E-state index is 13.8. The number of ether oxygens (including phenoxy) is 1. The number of methoxy groups -OCH3 is 1. The molecule has 0 radical (unpaired) electrons. The van der Waals surface area contributed by atoms with Crippen LogP contribution in [-0.2, 0) is 6.54 Å². The summed E-state index contributed by atoms with van der Waals surface area (Å²) in [7, 11) is 1.52. The fourth-order valence-corrected chi connectivity index (χ4v) is 3.87. The Labute approximate surface area is 187 Å². The summed E-state index contributed by atoms with van der Waals surface area (Å²) in [6.07, 6.45) is -4.78. The second-order valence-electron chi connectivity index (χ2n) is 7.44. The number of carbonyl (C=O) groups excluding carboxylic acids is 1. The first-order valence-electron chi connectivity index (χ1n) is 9.84. The van der Waals surface area contributed by atoms with E-state index in [1.807, 2.05) is 0 Å². The molecule has 168 valence electrons. The number of fused-ring (bicyclic) bond motifs is 1. The number of rotatable bonds is 5. The van der Waals surface area contributed by atoms with Crippen LogP contribution in [0.25, 0.3) is 0 Å². The molecule has 2 aromatic carbocycles. The number of hydrogen-bond acceptors (Lipinski definition) is 4. The molecular weight excluding hydrogens is 445 g/mol. The Kier molecular flexibility index (Phi) is 6.01. The normalized spacial score (nSPS) is 17.9. The third kappa shape index (κ3) is 4.67. The lowest BCUT2D eigenvalue weighted by molar-refractivity contribution is -0.173. The van der Waals surface area contributed by atoms with Crippen molar-refractivity contribution in [3.05, 3.63) is 76.4 Å². The Bertz CT molecular complexity index is 1120. The van der Waals surface area contributed by atoms with Gasteiger partial charge < -0.3 is 15.4 Å². The van der Waals surface area contributed by atoms with Gasteiger partial charge in [-0.3, -0.25) is 4.79 Å². The fourth-order valence-electron chi connectivity index (χ4n) is 3.66. The van der Waals surface area contributed by atoms with Gasteiger partial charge in [0.2, 0.25) is 0 Å². The molecule has 32 heavy (non-hydrogen) atoms. The van der Waals surface area contributed by atoms with Gasteiger partial charge in [0.1, 0.15) is 11.6 Å². The second-order valence-corrected chi connectivity index (χ2v) is 7.87. The van der Waals surface area contributed by atoms with E-state index in [0.717, 1.165) is 10.2 Å². The maximum Gasteiger partial charge on any atom is 0.410 e. The standard InChI is InChI=1S/C22H20ClF3N4O2/c1-32-16-7-5-14(6-8-16)17-10-19(22(24,25)26)30-20(28-17)11-18(29-30)21(31)27-12-13-3-2-4-15(23)9-13/h2-9,11,17,19,28H,10,12H2,1H3,(H,27,31)/t17-,19-/m0/s1. The zero-order chi connectivity index (χ0) is 22.9. The zero-order valence-electron chi connectivity index (χ0n) is 17.0. The van der Waals surface area contributed by atoms with Gasteiger partial charge in [-0.25, -0.2) is 4.68 Å². The van der Waals surface area contributed by atoms with Crippen molar-refractivity contribution in [2.75, 3.05) is 12.4 Å². The molecule has 0 spiro atoms. The minimum absolute atomic E-state index is 0.0980. The lowest BCUT2D eigenvalue weighted by Crippen LogP contribution is -2.35. The third-order valence-electron chi connectivity index (χ3n) is 5.28. The van der Waals surface area contributed by atoms with E-state index < -0.39 is 24.2 Å². The number of amides is 1. The highest BCUT2D eigenvalue weighted by Crippen LogP contribution is 2.43. The van der Waals surface area contributed by atoms with Gasteiger partial charge in [0.25, 0.3) is 5.91 Å². The van der Waals surface area contributed by atoms with E-state index in [1.165, 1.54) is 13.2 Å². The molecule has 6 nitrogen and oxygen atoms in total. The quantitative estimate of drug-likeness (QED) is 0.549. The molecule has 1 aliphatic heterocycles. The Morgan fingerprint density at radius 2 is 2.00 bits per heavy atom. The van der Waals surface area contributed by atoms with Crippen LogP contribution in [0.5, 0.6) is 5.75 Å². The van der Waals surface area contributed by atoms with Gasteiger partial charge in [0.15, 0.2) is 11.7 Å². The van der Waals surface area contributed by atoms with Crippen molar-refractivity contribution in [1.82, 2.24) is 15.1 Å². The maximum absolute atomic E-state index is 13.8. The summed E-state index contributed by atoms with van der Waals surface area (Å²) in [5.74, 6) is 0.170. The van der Waals surface area contributed by atoms with Crippen LogP contribution in [0.2, 0.25) is 5.02 Å². The van der Waals surface area contributed by atoms with Crippen LogP contribution in [0.4, 0.5) is 19.0 Å². The monoisotopic (exact) mass is 464 g/mol. The lowest BCUT2D eigenvalue weighted by Gasteiger charge is -2.33. The van der Waals surface area contributed by atoms with Crippen LogP contribution >= 0.6 is 11.6 Å². The first kappa shape index (κ1) is 22.0. The molecule has 0 bridgehead atoms. The van der Waals surface area contributed by atoms with Crippen LogP contribution < -0.4 is 15.4 Å². The summed E-state index contributed by atoms with van der Waals surface area (Å²) < 4.78 is 47.4. The van der Waals surface area contributed by atoms with E-state index in [1.54, 1.807) is 48.5 Å². The minimum Gasteiger partial charge on any atom is -0.497 e. The number of nitrogens with zero attached hydrogens (tertiary/aromatic N) is 2. The molecule has 1 aromatic heterocycles. The molecule has 0 unspecified atom stereocenters. The number of anilines is 1. The van der Waals surface area contributed by atoms with Crippen molar-refractivity contribution >= 4 is 23.3 Å². The number of benzene rings is 2. The molecule has 3 aromatic rings.